The summed E-state index contributed by atoms with van der Waals surface area (Å²) in [5, 5.41) is 0.776. The lowest BCUT2D eigenvalue weighted by Crippen LogP contribution is -2.52. The van der Waals surface area contributed by atoms with Crippen molar-refractivity contribution in [2.75, 3.05) is 31.1 Å². The molecule has 1 aromatic heterocycles. The third kappa shape index (κ3) is 6.13. The number of carbonyl (C=O) groups is 1. The molecule has 2 heterocycles. The van der Waals surface area contributed by atoms with Gasteiger partial charge in [0, 0.05) is 32.2 Å². The van der Waals surface area contributed by atoms with Gasteiger partial charge in [0.2, 0.25) is 0 Å². The minimum atomic E-state index is -4.36. The number of piperazine rings is 1. The molecule has 1 atom stereocenters. The third-order valence-electron chi connectivity index (χ3n) is 6.25. The molecule has 4 rings (SSSR count). The van der Waals surface area contributed by atoms with Crippen LogP contribution in [0.4, 0.5) is 18.3 Å². The zero-order valence-electron chi connectivity index (χ0n) is 20.2. The number of carbonyl (C=O) groups excluding carboxylic acids is 1. The van der Waals surface area contributed by atoms with E-state index in [0.29, 0.717) is 16.8 Å². The molecule has 3 aromatic rings. The number of aromatic nitrogens is 1. The fourth-order valence-corrected chi connectivity index (χ4v) is 5.76. The number of esters is 1. The van der Waals surface area contributed by atoms with Crippen molar-refractivity contribution in [1.82, 2.24) is 9.88 Å². The molecule has 35 heavy (non-hydrogen) atoms. The van der Waals surface area contributed by atoms with Crippen LogP contribution in [0.3, 0.4) is 0 Å². The minimum Gasteiger partial charge on any atom is -0.466 e. The second-order valence-corrected chi connectivity index (χ2v) is 9.99. The number of aryl methyl sites for hydroxylation is 1. The molecule has 1 fully saturated rings. The second kappa shape index (κ2) is 10.5. The molecule has 0 bridgehead atoms. The smallest absolute Gasteiger partial charge is 0.416 e. The summed E-state index contributed by atoms with van der Waals surface area (Å²) in [5.74, 6) is -0.220. The maximum atomic E-state index is 13.1. The van der Waals surface area contributed by atoms with Crippen molar-refractivity contribution in [3.05, 3.63) is 58.7 Å². The average Bonchev–Trinajstić information content (AvgIpc) is 3.21. The van der Waals surface area contributed by atoms with E-state index in [9.17, 15) is 18.0 Å². The Hall–Kier alpha value is -2.65. The van der Waals surface area contributed by atoms with E-state index < -0.39 is 11.7 Å². The summed E-state index contributed by atoms with van der Waals surface area (Å²) in [6, 6.07) is 10.2. The lowest BCUT2D eigenvalue weighted by Gasteiger charge is -2.41. The van der Waals surface area contributed by atoms with Gasteiger partial charge in [-0.05, 0) is 49.6 Å². The van der Waals surface area contributed by atoms with Crippen molar-refractivity contribution in [1.29, 1.82) is 0 Å². The highest BCUT2D eigenvalue weighted by Crippen LogP contribution is 2.36. The fraction of sp³-hybridized carbons (Fsp3) is 0.462. The molecule has 1 aliphatic heterocycles. The Bertz CT molecular complexity index is 1190. The molecule has 9 heteroatoms. The maximum absolute atomic E-state index is 13.1. The van der Waals surface area contributed by atoms with E-state index in [0.717, 1.165) is 60.5 Å². The number of ether oxygens (including phenoxy) is 1. The SMILES string of the molecule is CCOC(=O)Cc1cc(C)cc(CN2CCN(c3nc4ccc(C(F)(F)F)cc4s3)[C@H](CC)C2)c1. The van der Waals surface area contributed by atoms with E-state index in [2.05, 4.69) is 33.8 Å². The number of benzene rings is 2. The van der Waals surface area contributed by atoms with Crippen LogP contribution < -0.4 is 4.90 Å². The average molecular weight is 506 g/mol. The van der Waals surface area contributed by atoms with Crippen molar-refractivity contribution in [2.24, 2.45) is 0 Å². The number of rotatable bonds is 7. The summed E-state index contributed by atoms with van der Waals surface area (Å²) < 4.78 is 45.0. The summed E-state index contributed by atoms with van der Waals surface area (Å²) in [4.78, 5) is 21.2. The Balaban J connectivity index is 1.46. The van der Waals surface area contributed by atoms with Crippen molar-refractivity contribution in [2.45, 2.75) is 52.4 Å². The van der Waals surface area contributed by atoms with Crippen LogP contribution in [-0.4, -0.2) is 48.1 Å². The Kier molecular flexibility index (Phi) is 7.66. The number of anilines is 1. The molecule has 1 aliphatic rings. The molecule has 5 nitrogen and oxygen atoms in total. The van der Waals surface area contributed by atoms with Crippen LogP contribution in [0.1, 0.15) is 42.5 Å². The molecule has 1 saturated heterocycles. The molecule has 0 aliphatic carbocycles. The molecule has 2 aromatic carbocycles. The van der Waals surface area contributed by atoms with Crippen molar-refractivity contribution in [3.8, 4) is 0 Å². The third-order valence-corrected chi connectivity index (χ3v) is 7.30. The van der Waals surface area contributed by atoms with Gasteiger partial charge in [0.05, 0.1) is 28.8 Å². The van der Waals surface area contributed by atoms with Crippen molar-refractivity contribution < 1.29 is 22.7 Å². The van der Waals surface area contributed by atoms with Crippen molar-refractivity contribution in [3.63, 3.8) is 0 Å². The van der Waals surface area contributed by atoms with E-state index in [-0.39, 0.29) is 18.4 Å². The van der Waals surface area contributed by atoms with Gasteiger partial charge in [-0.15, -0.1) is 0 Å². The van der Waals surface area contributed by atoms with E-state index in [1.54, 1.807) is 6.92 Å². The molecule has 0 unspecified atom stereocenters. The zero-order chi connectivity index (χ0) is 25.2. The molecule has 0 amide bonds. The Labute approximate surface area is 207 Å². The highest BCUT2D eigenvalue weighted by atomic mass is 32.1. The predicted octanol–water partition coefficient (Wildman–Crippen LogP) is 5.83. The summed E-state index contributed by atoms with van der Waals surface area (Å²) in [6.07, 6.45) is -3.19. The van der Waals surface area contributed by atoms with E-state index >= 15 is 0 Å². The number of hydrogen-bond donors (Lipinski definition) is 0. The normalized spacial score (nSPS) is 17.2. The molecule has 188 valence electrons. The Morgan fingerprint density at radius 1 is 1.14 bits per heavy atom. The van der Waals surface area contributed by atoms with Gasteiger partial charge < -0.3 is 9.64 Å². The molecule has 0 spiro atoms. The van der Waals surface area contributed by atoms with Gasteiger partial charge in [-0.2, -0.15) is 13.2 Å². The van der Waals surface area contributed by atoms with Gasteiger partial charge in [0.15, 0.2) is 5.13 Å². The predicted molar refractivity (Wildman–Crippen MR) is 133 cm³/mol. The second-order valence-electron chi connectivity index (χ2n) is 8.98. The van der Waals surface area contributed by atoms with E-state index in [1.807, 2.05) is 13.0 Å². The van der Waals surface area contributed by atoms with Crippen LogP contribution in [-0.2, 0) is 28.7 Å². The number of thiazole rings is 1. The Morgan fingerprint density at radius 3 is 2.63 bits per heavy atom. The summed E-state index contributed by atoms with van der Waals surface area (Å²) in [7, 11) is 0. The van der Waals surface area contributed by atoms with Crippen LogP contribution in [0.15, 0.2) is 36.4 Å². The lowest BCUT2D eigenvalue weighted by molar-refractivity contribution is -0.142. The van der Waals surface area contributed by atoms with Gasteiger partial charge in [0.25, 0.3) is 0 Å². The number of alkyl halides is 3. The van der Waals surface area contributed by atoms with E-state index in [4.69, 9.17) is 4.74 Å². The first-order valence-corrected chi connectivity index (χ1v) is 12.7. The standard InChI is InChI=1S/C26H30F3N3O2S/c1-4-21-16-31(15-19-11-17(3)10-18(12-19)13-24(33)34-5-2)8-9-32(21)25-30-22-7-6-20(26(27,28)29)14-23(22)35-25/h6-7,10-12,14,21H,4-5,8-9,13,15-16H2,1-3H3/t21-/m1/s1. The first kappa shape index (κ1) is 25.4. The summed E-state index contributed by atoms with van der Waals surface area (Å²) in [5.41, 5.74) is 3.19. The van der Waals surface area contributed by atoms with Gasteiger partial charge in [-0.3, -0.25) is 9.69 Å². The first-order valence-electron chi connectivity index (χ1n) is 11.9. The molecular formula is C26H30F3N3O2S. The highest BCUT2D eigenvalue weighted by Gasteiger charge is 2.32. The summed E-state index contributed by atoms with van der Waals surface area (Å²) >= 11 is 1.32. The highest BCUT2D eigenvalue weighted by molar-refractivity contribution is 7.22. The monoisotopic (exact) mass is 505 g/mol. The largest absolute Gasteiger partial charge is 0.466 e. The van der Waals surface area contributed by atoms with Crippen molar-refractivity contribution >= 4 is 32.7 Å². The fourth-order valence-electron chi connectivity index (χ4n) is 4.65. The summed E-state index contributed by atoms with van der Waals surface area (Å²) in [6.45, 7) is 9.52. The number of hydrogen-bond acceptors (Lipinski definition) is 6. The number of halogens is 3. The molecule has 0 saturated carbocycles. The minimum absolute atomic E-state index is 0.218. The van der Waals surface area contributed by atoms with Gasteiger partial charge in [-0.1, -0.05) is 42.0 Å². The van der Waals surface area contributed by atoms with Gasteiger partial charge in [-0.25, -0.2) is 4.98 Å². The first-order chi connectivity index (χ1) is 16.7. The van der Waals surface area contributed by atoms with Crippen LogP contribution in [0.2, 0.25) is 0 Å². The lowest BCUT2D eigenvalue weighted by atomic mass is 10.0. The molecular weight excluding hydrogens is 475 g/mol. The van der Waals surface area contributed by atoms with Gasteiger partial charge in [0.1, 0.15) is 0 Å². The van der Waals surface area contributed by atoms with Crippen LogP contribution in [0, 0.1) is 6.92 Å². The zero-order valence-corrected chi connectivity index (χ0v) is 21.0. The quantitative estimate of drug-likeness (QED) is 0.378. The van der Waals surface area contributed by atoms with Gasteiger partial charge >= 0.3 is 12.1 Å². The van der Waals surface area contributed by atoms with Crippen LogP contribution >= 0.6 is 11.3 Å². The van der Waals surface area contributed by atoms with E-state index in [1.165, 1.54) is 23.5 Å². The molecule has 0 radical (unpaired) electrons. The topological polar surface area (TPSA) is 45.7 Å². The van der Waals surface area contributed by atoms with Crippen LogP contribution in [0.5, 0.6) is 0 Å². The maximum Gasteiger partial charge on any atom is 0.416 e. The number of fused-ring (bicyclic) bond motifs is 1. The molecule has 0 N–H and O–H groups in total. The van der Waals surface area contributed by atoms with Crippen LogP contribution in [0.25, 0.3) is 10.2 Å². The number of nitrogens with zero attached hydrogens (tertiary/aromatic N) is 3. The Morgan fingerprint density at radius 2 is 1.91 bits per heavy atom.